The standard InChI is InChI=1S/C17H16ClN3O2S/c18-13-6-1-2-7-16(13)24(22,23)21-12-8-9-14-15(10-12)20-17(19-14)11-4-3-5-11/h1-2,6-11,21H,3-5H2,(H,19,20). The van der Waals surface area contributed by atoms with E-state index in [0.29, 0.717) is 11.6 Å². The fraction of sp³-hybridized carbons (Fsp3) is 0.235. The van der Waals surface area contributed by atoms with Crippen LogP contribution in [-0.4, -0.2) is 18.4 Å². The molecule has 0 saturated heterocycles. The molecule has 1 fully saturated rings. The van der Waals surface area contributed by atoms with Crippen LogP contribution in [0.3, 0.4) is 0 Å². The SMILES string of the molecule is O=S(=O)(Nc1ccc2nc(C3CCC3)[nH]c2c1)c1ccccc1Cl. The Kier molecular flexibility index (Phi) is 3.73. The first-order valence-corrected chi connectivity index (χ1v) is 9.66. The van der Waals surface area contributed by atoms with Crippen LogP contribution in [-0.2, 0) is 10.0 Å². The number of hydrogen-bond donors (Lipinski definition) is 2. The lowest BCUT2D eigenvalue weighted by Gasteiger charge is -2.22. The monoisotopic (exact) mass is 361 g/mol. The summed E-state index contributed by atoms with van der Waals surface area (Å²) in [6.45, 7) is 0. The highest BCUT2D eigenvalue weighted by molar-refractivity contribution is 7.92. The number of halogens is 1. The molecule has 0 spiro atoms. The summed E-state index contributed by atoms with van der Waals surface area (Å²) in [6.07, 6.45) is 3.56. The van der Waals surface area contributed by atoms with E-state index in [1.807, 2.05) is 6.07 Å². The lowest BCUT2D eigenvalue weighted by atomic mass is 9.85. The van der Waals surface area contributed by atoms with Gasteiger partial charge in [-0.25, -0.2) is 13.4 Å². The Morgan fingerprint density at radius 2 is 1.96 bits per heavy atom. The Morgan fingerprint density at radius 1 is 1.17 bits per heavy atom. The molecule has 2 aromatic carbocycles. The van der Waals surface area contributed by atoms with Gasteiger partial charge < -0.3 is 4.98 Å². The van der Waals surface area contributed by atoms with E-state index in [4.69, 9.17) is 11.6 Å². The number of hydrogen-bond acceptors (Lipinski definition) is 3. The van der Waals surface area contributed by atoms with Gasteiger partial charge in [-0.2, -0.15) is 0 Å². The Balaban J connectivity index is 1.65. The van der Waals surface area contributed by atoms with E-state index < -0.39 is 10.0 Å². The highest BCUT2D eigenvalue weighted by atomic mass is 35.5. The number of aromatic amines is 1. The summed E-state index contributed by atoms with van der Waals surface area (Å²) < 4.78 is 27.6. The number of aromatic nitrogens is 2. The first kappa shape index (κ1) is 15.5. The first-order chi connectivity index (χ1) is 11.5. The second-order valence-corrected chi connectivity index (χ2v) is 8.08. The molecule has 1 saturated carbocycles. The predicted molar refractivity (Wildman–Crippen MR) is 94.9 cm³/mol. The quantitative estimate of drug-likeness (QED) is 0.728. The van der Waals surface area contributed by atoms with Gasteiger partial charge in [0.1, 0.15) is 10.7 Å². The van der Waals surface area contributed by atoms with Gasteiger partial charge in [0, 0.05) is 5.92 Å². The molecule has 0 aliphatic heterocycles. The number of H-pyrrole nitrogens is 1. The molecule has 3 aromatic rings. The number of nitrogens with one attached hydrogen (secondary N) is 2. The van der Waals surface area contributed by atoms with E-state index in [0.717, 1.165) is 29.7 Å². The molecular formula is C17H16ClN3O2S. The lowest BCUT2D eigenvalue weighted by Crippen LogP contribution is -2.13. The van der Waals surface area contributed by atoms with Crippen molar-refractivity contribution in [1.29, 1.82) is 0 Å². The molecule has 2 N–H and O–H groups in total. The fourth-order valence-corrected chi connectivity index (χ4v) is 4.41. The zero-order valence-corrected chi connectivity index (χ0v) is 14.4. The predicted octanol–water partition coefficient (Wildman–Crippen LogP) is 4.28. The van der Waals surface area contributed by atoms with E-state index in [2.05, 4.69) is 14.7 Å². The van der Waals surface area contributed by atoms with Crippen LogP contribution in [0.25, 0.3) is 11.0 Å². The molecule has 0 radical (unpaired) electrons. The van der Waals surface area contributed by atoms with Gasteiger partial charge in [-0.05, 0) is 43.2 Å². The summed E-state index contributed by atoms with van der Waals surface area (Å²) in [5.74, 6) is 1.49. The molecule has 0 atom stereocenters. The fourth-order valence-electron chi connectivity index (χ4n) is 2.84. The van der Waals surface area contributed by atoms with Crippen molar-refractivity contribution < 1.29 is 8.42 Å². The second kappa shape index (κ2) is 5.79. The van der Waals surface area contributed by atoms with E-state index in [1.165, 1.54) is 12.5 Å². The second-order valence-electron chi connectivity index (χ2n) is 6.02. The van der Waals surface area contributed by atoms with Gasteiger partial charge in [-0.1, -0.05) is 30.2 Å². The number of sulfonamides is 1. The maximum Gasteiger partial charge on any atom is 0.263 e. The first-order valence-electron chi connectivity index (χ1n) is 7.80. The lowest BCUT2D eigenvalue weighted by molar-refractivity contribution is 0.405. The molecule has 24 heavy (non-hydrogen) atoms. The van der Waals surface area contributed by atoms with Crippen LogP contribution in [0.2, 0.25) is 5.02 Å². The smallest absolute Gasteiger partial charge is 0.263 e. The average Bonchev–Trinajstić information content (AvgIpc) is 2.87. The third-order valence-corrected chi connectivity index (χ3v) is 6.25. The van der Waals surface area contributed by atoms with Crippen LogP contribution in [0, 0.1) is 0 Å². The third kappa shape index (κ3) is 2.76. The summed E-state index contributed by atoms with van der Waals surface area (Å²) in [4.78, 5) is 7.96. The van der Waals surface area contributed by atoms with Crippen LogP contribution >= 0.6 is 11.6 Å². The molecule has 124 valence electrons. The molecule has 1 aliphatic carbocycles. The summed E-state index contributed by atoms with van der Waals surface area (Å²) in [7, 11) is -3.73. The van der Waals surface area contributed by atoms with Gasteiger partial charge in [-0.15, -0.1) is 0 Å². The van der Waals surface area contributed by atoms with Crippen molar-refractivity contribution >= 4 is 38.3 Å². The molecule has 5 nitrogen and oxygen atoms in total. The largest absolute Gasteiger partial charge is 0.342 e. The normalized spacial score (nSPS) is 15.4. The topological polar surface area (TPSA) is 74.8 Å². The van der Waals surface area contributed by atoms with Crippen molar-refractivity contribution in [2.45, 2.75) is 30.1 Å². The van der Waals surface area contributed by atoms with E-state index in [1.54, 1.807) is 30.3 Å². The van der Waals surface area contributed by atoms with Gasteiger partial charge in [0.2, 0.25) is 0 Å². The van der Waals surface area contributed by atoms with Crippen LogP contribution in [0.4, 0.5) is 5.69 Å². The average molecular weight is 362 g/mol. The van der Waals surface area contributed by atoms with Crippen molar-refractivity contribution in [3.05, 3.63) is 53.3 Å². The van der Waals surface area contributed by atoms with Crippen LogP contribution in [0.5, 0.6) is 0 Å². The molecule has 1 aliphatic rings. The van der Waals surface area contributed by atoms with Gasteiger partial charge >= 0.3 is 0 Å². The maximum absolute atomic E-state index is 12.5. The molecular weight excluding hydrogens is 346 g/mol. The number of imidazole rings is 1. The summed E-state index contributed by atoms with van der Waals surface area (Å²) >= 11 is 6.00. The van der Waals surface area contributed by atoms with Crippen LogP contribution in [0.15, 0.2) is 47.4 Å². The Bertz CT molecular complexity index is 1010. The van der Waals surface area contributed by atoms with Crippen molar-refractivity contribution in [2.24, 2.45) is 0 Å². The number of rotatable bonds is 4. The zero-order chi connectivity index (χ0) is 16.7. The number of benzene rings is 2. The molecule has 0 amide bonds. The molecule has 0 bridgehead atoms. The van der Waals surface area contributed by atoms with E-state index in [-0.39, 0.29) is 9.92 Å². The molecule has 1 aromatic heterocycles. The third-order valence-electron chi connectivity index (χ3n) is 4.37. The van der Waals surface area contributed by atoms with Crippen molar-refractivity contribution in [2.75, 3.05) is 4.72 Å². The number of anilines is 1. The Morgan fingerprint density at radius 3 is 2.67 bits per heavy atom. The van der Waals surface area contributed by atoms with Gasteiger partial charge in [0.05, 0.1) is 21.7 Å². The van der Waals surface area contributed by atoms with Crippen molar-refractivity contribution in [1.82, 2.24) is 9.97 Å². The molecule has 4 rings (SSSR count). The minimum absolute atomic E-state index is 0.0616. The highest BCUT2D eigenvalue weighted by Gasteiger charge is 2.23. The number of fused-ring (bicyclic) bond motifs is 1. The highest BCUT2D eigenvalue weighted by Crippen LogP contribution is 2.35. The summed E-state index contributed by atoms with van der Waals surface area (Å²) in [5.41, 5.74) is 2.15. The minimum Gasteiger partial charge on any atom is -0.342 e. The Hall–Kier alpha value is -2.05. The minimum atomic E-state index is -3.73. The van der Waals surface area contributed by atoms with Gasteiger partial charge in [0.25, 0.3) is 10.0 Å². The van der Waals surface area contributed by atoms with Crippen molar-refractivity contribution in [3.8, 4) is 0 Å². The summed E-state index contributed by atoms with van der Waals surface area (Å²) in [6, 6.07) is 11.7. The molecule has 1 heterocycles. The van der Waals surface area contributed by atoms with E-state index in [9.17, 15) is 8.42 Å². The van der Waals surface area contributed by atoms with Gasteiger partial charge in [-0.3, -0.25) is 4.72 Å². The molecule has 7 heteroatoms. The van der Waals surface area contributed by atoms with Gasteiger partial charge in [0.15, 0.2) is 0 Å². The van der Waals surface area contributed by atoms with Crippen molar-refractivity contribution in [3.63, 3.8) is 0 Å². The number of nitrogens with zero attached hydrogens (tertiary/aromatic N) is 1. The van der Waals surface area contributed by atoms with Crippen LogP contribution < -0.4 is 4.72 Å². The summed E-state index contributed by atoms with van der Waals surface area (Å²) in [5, 5.41) is 0.194. The van der Waals surface area contributed by atoms with Crippen LogP contribution in [0.1, 0.15) is 31.0 Å². The Labute approximate surface area is 145 Å². The van der Waals surface area contributed by atoms with E-state index >= 15 is 0 Å². The molecule has 0 unspecified atom stereocenters. The maximum atomic E-state index is 12.5. The zero-order valence-electron chi connectivity index (χ0n) is 12.8.